The second-order valence-corrected chi connectivity index (χ2v) is 4.75. The molecule has 0 rings (SSSR count). The van der Waals surface area contributed by atoms with Gasteiger partial charge in [0.15, 0.2) is 0 Å². The molecule has 0 aromatic rings. The minimum Gasteiger partial charge on any atom is -0.741 e. The van der Waals surface area contributed by atoms with Crippen molar-refractivity contribution in [3.05, 3.63) is 0 Å². The molecule has 0 heterocycles. The molecule has 1 radical (unpaired) electrons. The zero-order valence-electron chi connectivity index (χ0n) is 12.8. The molecule has 129 valence electrons. The Labute approximate surface area is 146 Å². The number of primary amides is 1. The van der Waals surface area contributed by atoms with Crippen LogP contribution in [0.5, 0.6) is 0 Å². The standard InChI is InChI=1S/C7H15N3S.C5H10N2O3.Mn/c1-3-4-5-6(2)9-10-7(8)11;6-3(5(9)10)1-2-4(7)8;/h3-5H2,1-2H3,(H3,8,10,11);3H,1-2,6H2,(H2,7,8)(H,9,10);/p-1/b9-6+;;. The summed E-state index contributed by atoms with van der Waals surface area (Å²) in [5.74, 6) is -1.64. The minimum atomic E-state index is -1.11. The van der Waals surface area contributed by atoms with Crippen LogP contribution in [0.4, 0.5) is 0 Å². The molecule has 0 spiro atoms. The van der Waals surface area contributed by atoms with E-state index in [2.05, 4.69) is 29.8 Å². The fourth-order valence-corrected chi connectivity index (χ4v) is 1.08. The zero-order chi connectivity index (χ0) is 16.8. The molecule has 0 bridgehead atoms. The van der Waals surface area contributed by atoms with Gasteiger partial charge in [0.1, 0.15) is 6.04 Å². The molecule has 1 amide bonds. The van der Waals surface area contributed by atoms with E-state index >= 15 is 0 Å². The molecule has 0 saturated carbocycles. The molecule has 10 heteroatoms. The Balaban J connectivity index is -0.000000315. The van der Waals surface area contributed by atoms with Gasteiger partial charge in [0.05, 0.1) is 0 Å². The third-order valence-corrected chi connectivity index (χ3v) is 2.31. The van der Waals surface area contributed by atoms with Crippen LogP contribution < -0.4 is 17.2 Å². The van der Waals surface area contributed by atoms with Crippen LogP contribution in [0.1, 0.15) is 46.0 Å². The molecule has 1 unspecified atom stereocenters. The number of amidine groups is 1. The number of rotatable bonds is 8. The number of carboxylic acid groups (broad SMARTS) is 1. The summed E-state index contributed by atoms with van der Waals surface area (Å²) in [6.45, 7) is 4.06. The number of hydrogen-bond acceptors (Lipinski definition) is 6. The predicted octanol–water partition coefficient (Wildman–Crippen LogP) is 0.0754. The molecule has 0 aromatic carbocycles. The summed E-state index contributed by atoms with van der Waals surface area (Å²) < 4.78 is 0. The first-order valence-corrected chi connectivity index (χ1v) is 6.91. The maximum atomic E-state index is 10.1. The smallest absolute Gasteiger partial charge is 0.320 e. The van der Waals surface area contributed by atoms with Crippen LogP contribution in [0, 0.1) is 0 Å². The van der Waals surface area contributed by atoms with Crippen molar-refractivity contribution in [1.82, 2.24) is 0 Å². The van der Waals surface area contributed by atoms with Gasteiger partial charge >= 0.3 is 5.97 Å². The van der Waals surface area contributed by atoms with Crippen LogP contribution in [-0.4, -0.2) is 33.9 Å². The number of nitrogens with two attached hydrogens (primary N) is 3. The Morgan fingerprint density at radius 2 is 1.77 bits per heavy atom. The normalized spacial score (nSPS) is 12.5. The van der Waals surface area contributed by atoms with Crippen molar-refractivity contribution in [2.45, 2.75) is 52.0 Å². The van der Waals surface area contributed by atoms with Gasteiger partial charge in [-0.3, -0.25) is 9.59 Å². The van der Waals surface area contributed by atoms with E-state index < -0.39 is 17.9 Å². The summed E-state index contributed by atoms with van der Waals surface area (Å²) in [5, 5.41) is 15.7. The second kappa shape index (κ2) is 16.2. The number of carbonyl (C=O) groups is 2. The summed E-state index contributed by atoms with van der Waals surface area (Å²) >= 11 is 4.53. The first-order valence-electron chi connectivity index (χ1n) is 6.51. The van der Waals surface area contributed by atoms with Crippen molar-refractivity contribution in [1.29, 1.82) is 0 Å². The van der Waals surface area contributed by atoms with Crippen molar-refractivity contribution in [2.24, 2.45) is 27.4 Å². The van der Waals surface area contributed by atoms with Crippen LogP contribution >= 0.6 is 0 Å². The Hall–Kier alpha value is -1.22. The van der Waals surface area contributed by atoms with E-state index in [0.29, 0.717) is 0 Å². The summed E-state index contributed by atoms with van der Waals surface area (Å²) in [4.78, 5) is 20.1. The van der Waals surface area contributed by atoms with Crippen molar-refractivity contribution < 1.29 is 31.8 Å². The second-order valence-electron chi connectivity index (χ2n) is 4.33. The molecule has 0 aliphatic rings. The van der Waals surface area contributed by atoms with E-state index in [9.17, 15) is 9.59 Å². The maximum absolute atomic E-state index is 10.1. The quantitative estimate of drug-likeness (QED) is 0.155. The molecule has 7 N–H and O–H groups in total. The molecule has 0 aliphatic carbocycles. The molecule has 0 aromatic heterocycles. The van der Waals surface area contributed by atoms with Crippen LogP contribution in [-0.2, 0) is 39.3 Å². The number of hydrogen-bond donors (Lipinski definition) is 4. The van der Waals surface area contributed by atoms with Gasteiger partial charge in [-0.1, -0.05) is 13.3 Å². The summed E-state index contributed by atoms with van der Waals surface area (Å²) in [5.41, 5.74) is 15.9. The molecule has 22 heavy (non-hydrogen) atoms. The van der Waals surface area contributed by atoms with Gasteiger partial charge in [-0.15, -0.1) is 0 Å². The number of aliphatic carboxylic acids is 1. The van der Waals surface area contributed by atoms with Crippen molar-refractivity contribution in [3.8, 4) is 0 Å². The number of carboxylic acids is 1. The maximum Gasteiger partial charge on any atom is 0.320 e. The average molecular weight is 373 g/mol. The van der Waals surface area contributed by atoms with E-state index in [1.54, 1.807) is 0 Å². The monoisotopic (exact) mass is 373 g/mol. The summed E-state index contributed by atoms with van der Waals surface area (Å²) in [6.07, 6.45) is 3.41. The van der Waals surface area contributed by atoms with Crippen LogP contribution in [0.25, 0.3) is 0 Å². The number of amides is 1. The van der Waals surface area contributed by atoms with E-state index in [-0.39, 0.29) is 35.1 Å². The average Bonchev–Trinajstić information content (AvgIpc) is 2.40. The van der Waals surface area contributed by atoms with E-state index in [1.165, 1.54) is 6.42 Å². The molecular weight excluding hydrogens is 349 g/mol. The fourth-order valence-electron chi connectivity index (χ4n) is 1.04. The van der Waals surface area contributed by atoms with Crippen molar-refractivity contribution in [3.63, 3.8) is 0 Å². The molecule has 0 fully saturated rings. The number of carbonyl (C=O) groups excluding carboxylic acids is 1. The predicted molar refractivity (Wildman–Crippen MR) is 85.7 cm³/mol. The number of nitrogens with zero attached hydrogens (tertiary/aromatic N) is 2. The molecular formula is C12H24MnN5O3S-. The van der Waals surface area contributed by atoms with Gasteiger partial charge in [-0.2, -0.15) is 10.2 Å². The van der Waals surface area contributed by atoms with Gasteiger partial charge in [0.2, 0.25) is 5.91 Å². The van der Waals surface area contributed by atoms with Crippen LogP contribution in [0.15, 0.2) is 10.2 Å². The van der Waals surface area contributed by atoms with Gasteiger partial charge in [0.25, 0.3) is 0 Å². The van der Waals surface area contributed by atoms with Gasteiger partial charge in [-0.05, 0) is 31.4 Å². The SMILES string of the molecule is CCCC/C(C)=N/N=C(/N)[S-].NC(=O)CCC(N)C(=O)O.[Mn]. The molecule has 0 aliphatic heterocycles. The largest absolute Gasteiger partial charge is 0.741 e. The van der Waals surface area contributed by atoms with E-state index in [4.69, 9.17) is 22.3 Å². The minimum absolute atomic E-state index is 0. The Bertz CT molecular complexity index is 387. The van der Waals surface area contributed by atoms with Gasteiger partial charge in [0, 0.05) is 29.2 Å². The van der Waals surface area contributed by atoms with Crippen molar-refractivity contribution >= 4 is 35.4 Å². The third-order valence-electron chi connectivity index (χ3n) is 2.23. The fraction of sp³-hybridized carbons (Fsp3) is 0.667. The van der Waals surface area contributed by atoms with Gasteiger partial charge in [-0.25, -0.2) is 0 Å². The topological polar surface area (TPSA) is 157 Å². The van der Waals surface area contributed by atoms with Crippen LogP contribution in [0.2, 0.25) is 0 Å². The third kappa shape index (κ3) is 21.1. The molecule has 8 nitrogen and oxygen atoms in total. The zero-order valence-corrected chi connectivity index (χ0v) is 14.8. The van der Waals surface area contributed by atoms with Crippen LogP contribution in [0.3, 0.4) is 0 Å². The van der Waals surface area contributed by atoms with E-state index in [0.717, 1.165) is 18.6 Å². The first kappa shape index (κ1) is 25.7. The summed E-state index contributed by atoms with van der Waals surface area (Å²) in [6, 6.07) is -0.979. The molecule has 1 atom stereocenters. The number of unbranched alkanes of at least 4 members (excludes halogenated alkanes) is 1. The first-order chi connectivity index (χ1) is 9.70. The van der Waals surface area contributed by atoms with Gasteiger partial charge < -0.3 is 34.9 Å². The van der Waals surface area contributed by atoms with Crippen molar-refractivity contribution in [2.75, 3.05) is 0 Å². The Morgan fingerprint density at radius 1 is 1.23 bits per heavy atom. The van der Waals surface area contributed by atoms with E-state index in [1.807, 2.05) is 6.92 Å². The summed E-state index contributed by atoms with van der Waals surface area (Å²) in [7, 11) is 0. The molecule has 0 saturated heterocycles. The Morgan fingerprint density at radius 3 is 2.14 bits per heavy atom. The Kier molecular flexibility index (Phi) is 18.9.